The van der Waals surface area contributed by atoms with Crippen LogP contribution in [0.3, 0.4) is 0 Å². The van der Waals surface area contributed by atoms with Crippen molar-refractivity contribution in [2.24, 2.45) is 0 Å². The first-order chi connectivity index (χ1) is 9.01. The molecule has 1 N–H and O–H groups in total. The van der Waals surface area contributed by atoms with Crippen molar-refractivity contribution < 1.29 is 18.7 Å². The Labute approximate surface area is 107 Å². The number of nitrogens with zero attached hydrogens (tertiary/aromatic N) is 1. The third-order valence-corrected chi connectivity index (χ3v) is 2.55. The largest absolute Gasteiger partial charge is 0.478 e. The molecule has 0 aliphatic carbocycles. The minimum Gasteiger partial charge on any atom is -0.478 e. The van der Waals surface area contributed by atoms with Gasteiger partial charge in [0, 0.05) is 5.56 Å². The van der Waals surface area contributed by atoms with Crippen molar-refractivity contribution in [3.05, 3.63) is 59.2 Å². The average Bonchev–Trinajstić information content (AvgIpc) is 2.38. The normalized spacial score (nSPS) is 9.95. The molecule has 0 saturated carbocycles. The predicted molar refractivity (Wildman–Crippen MR) is 63.5 cm³/mol. The van der Waals surface area contributed by atoms with Crippen LogP contribution in [-0.2, 0) is 0 Å². The Morgan fingerprint density at radius 1 is 1.16 bits per heavy atom. The van der Waals surface area contributed by atoms with Crippen LogP contribution < -0.4 is 0 Å². The van der Waals surface area contributed by atoms with E-state index in [0.29, 0.717) is 0 Å². The van der Waals surface area contributed by atoms with Crippen molar-refractivity contribution in [3.8, 4) is 17.2 Å². The molecule has 0 saturated heterocycles. The lowest BCUT2D eigenvalue weighted by atomic mass is 10.0. The SMILES string of the molecule is N#Cc1ccc(F)c(-c2cc(F)cc(C(=O)O)c2)c1. The van der Waals surface area contributed by atoms with Crippen LogP contribution in [0.4, 0.5) is 8.78 Å². The van der Waals surface area contributed by atoms with Crippen molar-refractivity contribution in [1.29, 1.82) is 5.26 Å². The minimum absolute atomic E-state index is 0.0129. The number of rotatable bonds is 2. The molecule has 0 aliphatic heterocycles. The van der Waals surface area contributed by atoms with Gasteiger partial charge in [0.25, 0.3) is 0 Å². The van der Waals surface area contributed by atoms with E-state index in [4.69, 9.17) is 10.4 Å². The van der Waals surface area contributed by atoms with Crippen LogP contribution in [0.5, 0.6) is 0 Å². The van der Waals surface area contributed by atoms with Crippen molar-refractivity contribution in [1.82, 2.24) is 0 Å². The monoisotopic (exact) mass is 259 g/mol. The standard InChI is InChI=1S/C14H7F2NO2/c15-11-5-9(4-10(6-11)14(18)19)12-3-8(7-17)1-2-13(12)16/h1-6H,(H,18,19). The molecule has 0 atom stereocenters. The van der Waals surface area contributed by atoms with Crippen LogP contribution in [-0.4, -0.2) is 11.1 Å². The van der Waals surface area contributed by atoms with Gasteiger partial charge >= 0.3 is 5.97 Å². The van der Waals surface area contributed by atoms with E-state index in [-0.39, 0.29) is 22.3 Å². The lowest BCUT2D eigenvalue weighted by Gasteiger charge is -2.06. The third kappa shape index (κ3) is 2.58. The molecule has 0 radical (unpaired) electrons. The second kappa shape index (κ2) is 4.86. The van der Waals surface area contributed by atoms with Gasteiger partial charge in [-0.05, 0) is 42.0 Å². The average molecular weight is 259 g/mol. The van der Waals surface area contributed by atoms with Gasteiger partial charge in [-0.25, -0.2) is 13.6 Å². The quantitative estimate of drug-likeness (QED) is 0.900. The fourth-order valence-corrected chi connectivity index (χ4v) is 1.68. The first-order valence-corrected chi connectivity index (χ1v) is 5.25. The lowest BCUT2D eigenvalue weighted by Crippen LogP contribution is -1.98. The summed E-state index contributed by atoms with van der Waals surface area (Å²) in [5.41, 5.74) is -0.0117. The third-order valence-electron chi connectivity index (χ3n) is 2.55. The molecule has 0 spiro atoms. The molecular formula is C14H7F2NO2. The molecule has 0 heterocycles. The van der Waals surface area contributed by atoms with Gasteiger partial charge in [0.05, 0.1) is 17.2 Å². The molecule has 2 aromatic carbocycles. The first-order valence-electron chi connectivity index (χ1n) is 5.25. The molecule has 0 bridgehead atoms. The van der Waals surface area contributed by atoms with Gasteiger partial charge in [-0.3, -0.25) is 0 Å². The molecule has 3 nitrogen and oxygen atoms in total. The smallest absolute Gasteiger partial charge is 0.335 e. The number of nitriles is 1. The molecule has 0 unspecified atom stereocenters. The van der Waals surface area contributed by atoms with E-state index in [1.807, 2.05) is 6.07 Å². The molecule has 2 rings (SSSR count). The lowest BCUT2D eigenvalue weighted by molar-refractivity contribution is 0.0696. The highest BCUT2D eigenvalue weighted by Crippen LogP contribution is 2.26. The second-order valence-electron chi connectivity index (χ2n) is 3.84. The minimum atomic E-state index is -1.31. The van der Waals surface area contributed by atoms with Gasteiger partial charge in [-0.15, -0.1) is 0 Å². The Kier molecular flexibility index (Phi) is 3.25. The Morgan fingerprint density at radius 3 is 2.53 bits per heavy atom. The highest BCUT2D eigenvalue weighted by Gasteiger charge is 2.12. The maximum atomic E-state index is 13.7. The summed E-state index contributed by atoms with van der Waals surface area (Å²) in [4.78, 5) is 10.8. The van der Waals surface area contributed by atoms with Crippen molar-refractivity contribution >= 4 is 5.97 Å². The molecule has 0 aromatic heterocycles. The Morgan fingerprint density at radius 2 is 1.89 bits per heavy atom. The zero-order valence-corrected chi connectivity index (χ0v) is 9.52. The number of halogens is 2. The van der Waals surface area contributed by atoms with E-state index >= 15 is 0 Å². The molecular weight excluding hydrogens is 252 g/mol. The first kappa shape index (κ1) is 12.7. The summed E-state index contributed by atoms with van der Waals surface area (Å²) in [6.07, 6.45) is 0. The van der Waals surface area contributed by atoms with E-state index in [1.54, 1.807) is 0 Å². The molecule has 0 amide bonds. The number of carboxylic acids is 1. The summed E-state index contributed by atoms with van der Waals surface area (Å²) in [5, 5.41) is 17.6. The van der Waals surface area contributed by atoms with Gasteiger partial charge < -0.3 is 5.11 Å². The van der Waals surface area contributed by atoms with Crippen molar-refractivity contribution in [2.75, 3.05) is 0 Å². The van der Waals surface area contributed by atoms with Gasteiger partial charge in [0.1, 0.15) is 11.6 Å². The fraction of sp³-hybridized carbons (Fsp3) is 0. The number of carbonyl (C=O) groups is 1. The maximum Gasteiger partial charge on any atom is 0.335 e. The molecule has 94 valence electrons. The van der Waals surface area contributed by atoms with E-state index < -0.39 is 17.6 Å². The van der Waals surface area contributed by atoms with Gasteiger partial charge in [-0.1, -0.05) is 0 Å². The number of hydrogen-bond acceptors (Lipinski definition) is 2. The number of aromatic carboxylic acids is 1. The number of carboxylic acid groups (broad SMARTS) is 1. The molecule has 2 aromatic rings. The predicted octanol–water partition coefficient (Wildman–Crippen LogP) is 3.20. The van der Waals surface area contributed by atoms with Crippen LogP contribution in [0.2, 0.25) is 0 Å². The Balaban J connectivity index is 2.65. The van der Waals surface area contributed by atoms with Gasteiger partial charge in [0.15, 0.2) is 0 Å². The molecule has 19 heavy (non-hydrogen) atoms. The zero-order chi connectivity index (χ0) is 14.0. The Hall–Kier alpha value is -2.74. The van der Waals surface area contributed by atoms with E-state index in [1.165, 1.54) is 12.1 Å². The summed E-state index contributed by atoms with van der Waals surface area (Å²) < 4.78 is 27.0. The molecule has 0 aliphatic rings. The summed E-state index contributed by atoms with van der Waals surface area (Å²) in [7, 11) is 0. The van der Waals surface area contributed by atoms with Crippen LogP contribution in [0.15, 0.2) is 36.4 Å². The van der Waals surface area contributed by atoms with Crippen molar-refractivity contribution in [3.63, 3.8) is 0 Å². The van der Waals surface area contributed by atoms with E-state index in [2.05, 4.69) is 0 Å². The highest BCUT2D eigenvalue weighted by atomic mass is 19.1. The van der Waals surface area contributed by atoms with Gasteiger partial charge in [-0.2, -0.15) is 5.26 Å². The zero-order valence-electron chi connectivity index (χ0n) is 9.52. The number of benzene rings is 2. The molecule has 5 heteroatoms. The topological polar surface area (TPSA) is 61.1 Å². The number of hydrogen-bond donors (Lipinski definition) is 1. The summed E-state index contributed by atoms with van der Waals surface area (Å²) in [5.74, 6) is -2.74. The van der Waals surface area contributed by atoms with Crippen LogP contribution in [0.25, 0.3) is 11.1 Å². The Bertz CT molecular complexity index is 705. The molecule has 0 fully saturated rings. The van der Waals surface area contributed by atoms with Crippen LogP contribution in [0, 0.1) is 23.0 Å². The summed E-state index contributed by atoms with van der Waals surface area (Å²) in [6.45, 7) is 0. The summed E-state index contributed by atoms with van der Waals surface area (Å²) >= 11 is 0. The van der Waals surface area contributed by atoms with E-state index in [9.17, 15) is 13.6 Å². The highest BCUT2D eigenvalue weighted by molar-refractivity contribution is 5.89. The maximum absolute atomic E-state index is 13.7. The van der Waals surface area contributed by atoms with Gasteiger partial charge in [0.2, 0.25) is 0 Å². The fourth-order valence-electron chi connectivity index (χ4n) is 1.68. The second-order valence-corrected chi connectivity index (χ2v) is 3.84. The van der Waals surface area contributed by atoms with Crippen LogP contribution >= 0.6 is 0 Å². The summed E-state index contributed by atoms with van der Waals surface area (Å²) in [6, 6.07) is 8.48. The van der Waals surface area contributed by atoms with Crippen molar-refractivity contribution in [2.45, 2.75) is 0 Å². The van der Waals surface area contributed by atoms with Crippen LogP contribution in [0.1, 0.15) is 15.9 Å². The van der Waals surface area contributed by atoms with E-state index in [0.717, 1.165) is 24.3 Å².